The molecule has 0 fully saturated rings. The van der Waals surface area contributed by atoms with Crippen LogP contribution in [0.2, 0.25) is 0 Å². The molecule has 1 N–H and O–H groups in total. The van der Waals surface area contributed by atoms with Crippen molar-refractivity contribution >= 4 is 17.2 Å². The van der Waals surface area contributed by atoms with Crippen molar-refractivity contribution in [2.45, 2.75) is 32.2 Å². The van der Waals surface area contributed by atoms with E-state index in [4.69, 9.17) is 4.98 Å². The van der Waals surface area contributed by atoms with Crippen LogP contribution in [0.5, 0.6) is 0 Å². The molecule has 1 aliphatic rings. The molecule has 2 aromatic heterocycles. The van der Waals surface area contributed by atoms with Gasteiger partial charge in [-0.15, -0.1) is 11.3 Å². The third-order valence-electron chi connectivity index (χ3n) is 4.47. The molecule has 126 valence electrons. The van der Waals surface area contributed by atoms with Crippen molar-refractivity contribution in [2.24, 2.45) is 0 Å². The number of nitrogens with zero attached hydrogens (tertiary/aromatic N) is 3. The number of hydrogen-bond donors (Lipinski definition) is 1. The van der Waals surface area contributed by atoms with Crippen molar-refractivity contribution in [1.82, 2.24) is 20.3 Å². The summed E-state index contributed by atoms with van der Waals surface area (Å²) in [5.41, 5.74) is 5.55. The van der Waals surface area contributed by atoms with Crippen molar-refractivity contribution in [2.75, 3.05) is 0 Å². The molecule has 0 unspecified atom stereocenters. The fourth-order valence-corrected chi connectivity index (χ4v) is 3.87. The molecule has 0 saturated heterocycles. The summed E-state index contributed by atoms with van der Waals surface area (Å²) in [4.78, 5) is 26.6. The number of fused-ring (bicyclic) bond motifs is 1. The Bertz CT molecular complexity index is 907. The molecule has 1 aliphatic carbocycles. The van der Waals surface area contributed by atoms with Gasteiger partial charge in [0.2, 0.25) is 0 Å². The van der Waals surface area contributed by atoms with Crippen LogP contribution in [0.15, 0.2) is 42.0 Å². The third-order valence-corrected chi connectivity index (χ3v) is 5.40. The summed E-state index contributed by atoms with van der Waals surface area (Å²) in [5, 5.41) is 3.13. The molecule has 4 rings (SSSR count). The number of aryl methyl sites for hydroxylation is 2. The van der Waals surface area contributed by atoms with Gasteiger partial charge in [-0.3, -0.25) is 4.79 Å². The molecule has 3 aromatic rings. The van der Waals surface area contributed by atoms with Crippen molar-refractivity contribution in [3.05, 3.63) is 63.9 Å². The van der Waals surface area contributed by atoms with Crippen molar-refractivity contribution < 1.29 is 4.79 Å². The normalized spacial score (nSPS) is 16.3. The summed E-state index contributed by atoms with van der Waals surface area (Å²) in [5.74, 6) is 0.676. The molecular weight excluding hydrogens is 332 g/mol. The highest BCUT2D eigenvalue weighted by molar-refractivity contribution is 7.11. The standard InChI is InChI=1S/C19H18N4OS/c1-12-17(25-11-21-12)19(24)23-16-9-5-8-15-14(16)10-20-18(22-15)13-6-3-2-4-7-13/h2-4,6-7,10-11,16H,5,8-9H2,1H3,(H,23,24)/t16-/m0/s1. The van der Waals surface area contributed by atoms with E-state index in [2.05, 4.69) is 15.3 Å². The summed E-state index contributed by atoms with van der Waals surface area (Å²) in [6.07, 6.45) is 4.70. The zero-order valence-electron chi connectivity index (χ0n) is 13.9. The summed E-state index contributed by atoms with van der Waals surface area (Å²) in [6, 6.07) is 9.93. The van der Waals surface area contributed by atoms with Crippen molar-refractivity contribution in [3.8, 4) is 11.4 Å². The van der Waals surface area contributed by atoms with Crippen LogP contribution >= 0.6 is 11.3 Å². The van der Waals surface area contributed by atoms with Gasteiger partial charge < -0.3 is 5.32 Å². The predicted octanol–water partition coefficient (Wildman–Crippen LogP) is 3.72. The molecule has 1 aromatic carbocycles. The summed E-state index contributed by atoms with van der Waals surface area (Å²) in [7, 11) is 0. The molecule has 0 aliphatic heterocycles. The number of hydrogen-bond acceptors (Lipinski definition) is 5. The van der Waals surface area contributed by atoms with Gasteiger partial charge in [-0.1, -0.05) is 30.3 Å². The zero-order valence-corrected chi connectivity index (χ0v) is 14.7. The van der Waals surface area contributed by atoms with E-state index in [1.807, 2.05) is 43.5 Å². The van der Waals surface area contributed by atoms with E-state index in [0.29, 0.717) is 4.88 Å². The first-order valence-electron chi connectivity index (χ1n) is 8.34. The molecule has 0 radical (unpaired) electrons. The zero-order chi connectivity index (χ0) is 17.2. The number of benzene rings is 1. The first-order valence-corrected chi connectivity index (χ1v) is 9.22. The Morgan fingerprint density at radius 3 is 2.84 bits per heavy atom. The van der Waals surface area contributed by atoms with Crippen LogP contribution in [0.1, 0.15) is 45.5 Å². The van der Waals surface area contributed by atoms with Gasteiger partial charge >= 0.3 is 0 Å². The summed E-state index contributed by atoms with van der Waals surface area (Å²) in [6.45, 7) is 1.86. The highest BCUT2D eigenvalue weighted by Gasteiger charge is 2.25. The van der Waals surface area contributed by atoms with Gasteiger partial charge in [-0.05, 0) is 26.2 Å². The third kappa shape index (κ3) is 3.17. The smallest absolute Gasteiger partial charge is 0.263 e. The Labute approximate surface area is 150 Å². The van der Waals surface area contributed by atoms with Gasteiger partial charge in [0, 0.05) is 23.0 Å². The maximum Gasteiger partial charge on any atom is 0.263 e. The molecule has 2 heterocycles. The van der Waals surface area contributed by atoms with Gasteiger partial charge in [0.1, 0.15) is 4.88 Å². The summed E-state index contributed by atoms with van der Waals surface area (Å²) >= 11 is 1.37. The number of rotatable bonds is 3. The van der Waals surface area contributed by atoms with Gasteiger partial charge in [0.05, 0.1) is 17.2 Å². The highest BCUT2D eigenvalue weighted by Crippen LogP contribution is 2.30. The highest BCUT2D eigenvalue weighted by atomic mass is 32.1. The molecule has 25 heavy (non-hydrogen) atoms. The Morgan fingerprint density at radius 1 is 1.24 bits per heavy atom. The summed E-state index contributed by atoms with van der Waals surface area (Å²) < 4.78 is 0. The van der Waals surface area contributed by atoms with Crippen molar-refractivity contribution in [1.29, 1.82) is 0 Å². The predicted molar refractivity (Wildman–Crippen MR) is 97.5 cm³/mol. The van der Waals surface area contributed by atoms with E-state index in [1.54, 1.807) is 5.51 Å². The van der Waals surface area contributed by atoms with E-state index < -0.39 is 0 Å². The average Bonchev–Trinajstić information content (AvgIpc) is 3.08. The van der Waals surface area contributed by atoms with Crippen LogP contribution in [0.25, 0.3) is 11.4 Å². The molecule has 0 saturated carbocycles. The van der Waals surface area contributed by atoms with Crippen LogP contribution in [0, 0.1) is 6.92 Å². The van der Waals surface area contributed by atoms with E-state index in [-0.39, 0.29) is 11.9 Å². The number of thiazole rings is 1. The Kier molecular flexibility index (Phi) is 4.28. The topological polar surface area (TPSA) is 67.8 Å². The second-order valence-corrected chi connectivity index (χ2v) is 7.00. The minimum atomic E-state index is -0.0648. The molecule has 5 nitrogen and oxygen atoms in total. The van der Waals surface area contributed by atoms with Crippen molar-refractivity contribution in [3.63, 3.8) is 0 Å². The Balaban J connectivity index is 1.60. The lowest BCUT2D eigenvalue weighted by Gasteiger charge is -2.25. The fraction of sp³-hybridized carbons (Fsp3) is 0.263. The van der Waals surface area contributed by atoms with Gasteiger partial charge in [0.15, 0.2) is 5.82 Å². The minimum absolute atomic E-state index is 0.0393. The van der Waals surface area contributed by atoms with E-state index in [1.165, 1.54) is 11.3 Å². The fourth-order valence-electron chi connectivity index (χ4n) is 3.17. The first kappa shape index (κ1) is 15.9. The average molecular weight is 350 g/mol. The monoisotopic (exact) mass is 350 g/mol. The van der Waals surface area contributed by atoms with Crippen LogP contribution < -0.4 is 5.32 Å². The molecule has 1 amide bonds. The minimum Gasteiger partial charge on any atom is -0.344 e. The van der Waals surface area contributed by atoms with Crippen LogP contribution in [0.3, 0.4) is 0 Å². The molecule has 1 atom stereocenters. The lowest BCUT2D eigenvalue weighted by atomic mass is 9.92. The molecule has 6 heteroatoms. The SMILES string of the molecule is Cc1ncsc1C(=O)N[C@H]1CCCc2nc(-c3ccccc3)ncc21. The van der Waals surface area contributed by atoms with Gasteiger partial charge in [0.25, 0.3) is 5.91 Å². The largest absolute Gasteiger partial charge is 0.344 e. The quantitative estimate of drug-likeness (QED) is 0.782. The van der Waals surface area contributed by atoms with Crippen LogP contribution in [-0.2, 0) is 6.42 Å². The number of nitrogens with one attached hydrogen (secondary N) is 1. The van der Waals surface area contributed by atoms with Gasteiger partial charge in [-0.25, -0.2) is 15.0 Å². The Morgan fingerprint density at radius 2 is 2.08 bits per heavy atom. The second-order valence-electron chi connectivity index (χ2n) is 6.15. The lowest BCUT2D eigenvalue weighted by molar-refractivity contribution is 0.0936. The van der Waals surface area contributed by atoms with E-state index in [0.717, 1.165) is 47.6 Å². The first-order chi connectivity index (χ1) is 12.2. The Hall–Kier alpha value is -2.60. The lowest BCUT2D eigenvalue weighted by Crippen LogP contribution is -2.31. The number of aromatic nitrogens is 3. The number of carbonyl (C=O) groups is 1. The van der Waals surface area contributed by atoms with E-state index in [9.17, 15) is 4.79 Å². The van der Waals surface area contributed by atoms with Crippen LogP contribution in [0.4, 0.5) is 0 Å². The van der Waals surface area contributed by atoms with Gasteiger partial charge in [-0.2, -0.15) is 0 Å². The maximum atomic E-state index is 12.5. The second kappa shape index (κ2) is 6.72. The van der Waals surface area contributed by atoms with E-state index >= 15 is 0 Å². The maximum absolute atomic E-state index is 12.5. The number of amides is 1. The van der Waals surface area contributed by atoms with Crippen LogP contribution in [-0.4, -0.2) is 20.9 Å². The molecule has 0 bridgehead atoms. The molecular formula is C19H18N4OS. The number of carbonyl (C=O) groups excluding carboxylic acids is 1. The molecule has 0 spiro atoms.